The number of nitrogens with one attached hydrogen (secondary N) is 1. The molecule has 0 aromatic carbocycles. The van der Waals surface area contributed by atoms with E-state index in [0.29, 0.717) is 16.7 Å². The predicted molar refractivity (Wildman–Crippen MR) is 64.4 cm³/mol. The van der Waals surface area contributed by atoms with Gasteiger partial charge in [0.2, 0.25) is 10.1 Å². The maximum absolute atomic E-state index is 11.5. The fourth-order valence-corrected chi connectivity index (χ4v) is 1.68. The van der Waals surface area contributed by atoms with Gasteiger partial charge in [0.15, 0.2) is 0 Å². The first-order valence-electron chi connectivity index (χ1n) is 5.11. The van der Waals surface area contributed by atoms with Gasteiger partial charge in [0.25, 0.3) is 5.91 Å². The number of aromatic nitrogens is 2. The number of hydrogen-bond donors (Lipinski definition) is 2. The second kappa shape index (κ2) is 6.39. The second-order valence-corrected chi connectivity index (χ2v) is 4.72. The van der Waals surface area contributed by atoms with E-state index in [2.05, 4.69) is 20.4 Å². The van der Waals surface area contributed by atoms with Crippen molar-refractivity contribution in [1.82, 2.24) is 20.4 Å². The molecule has 3 N–H and O–H groups in total. The van der Waals surface area contributed by atoms with Gasteiger partial charge in [-0.25, -0.2) is 0 Å². The lowest BCUT2D eigenvalue weighted by atomic mass is 10.3. The van der Waals surface area contributed by atoms with Crippen LogP contribution in [0, 0.1) is 0 Å². The van der Waals surface area contributed by atoms with Crippen LogP contribution in [0.1, 0.15) is 22.6 Å². The summed E-state index contributed by atoms with van der Waals surface area (Å²) in [7, 11) is 4.06. The SMILES string of the molecule is CN(C)CCCCNC(=O)c1nnc(N)s1. The number of nitrogen functional groups attached to an aromatic ring is 1. The molecule has 0 atom stereocenters. The van der Waals surface area contributed by atoms with Crippen molar-refractivity contribution in [1.29, 1.82) is 0 Å². The molecule has 1 aromatic heterocycles. The normalized spacial score (nSPS) is 10.7. The standard InChI is InChI=1S/C9H17N5OS/c1-14(2)6-4-3-5-11-7(15)8-12-13-9(10)16-8/h3-6H2,1-2H3,(H2,10,13)(H,11,15). The summed E-state index contributed by atoms with van der Waals surface area (Å²) in [5, 5.41) is 10.7. The lowest BCUT2D eigenvalue weighted by molar-refractivity contribution is 0.0951. The number of rotatable bonds is 6. The topological polar surface area (TPSA) is 84.1 Å². The van der Waals surface area contributed by atoms with Gasteiger partial charge in [0.05, 0.1) is 0 Å². The van der Waals surface area contributed by atoms with Crippen molar-refractivity contribution in [3.8, 4) is 0 Å². The molecule has 7 heteroatoms. The number of nitrogens with two attached hydrogens (primary N) is 1. The van der Waals surface area contributed by atoms with Crippen LogP contribution < -0.4 is 11.1 Å². The Hall–Kier alpha value is -1.21. The van der Waals surface area contributed by atoms with Crippen LogP contribution in [0.4, 0.5) is 5.13 Å². The quantitative estimate of drug-likeness (QED) is 0.697. The van der Waals surface area contributed by atoms with Crippen LogP contribution >= 0.6 is 11.3 Å². The van der Waals surface area contributed by atoms with E-state index in [9.17, 15) is 4.79 Å². The van der Waals surface area contributed by atoms with Crippen LogP contribution in [0.15, 0.2) is 0 Å². The van der Waals surface area contributed by atoms with Crippen molar-refractivity contribution in [3.05, 3.63) is 5.01 Å². The molecule has 0 spiro atoms. The summed E-state index contributed by atoms with van der Waals surface area (Å²) in [5.74, 6) is -0.195. The Labute approximate surface area is 98.8 Å². The average molecular weight is 243 g/mol. The zero-order valence-electron chi connectivity index (χ0n) is 9.56. The minimum Gasteiger partial charge on any atom is -0.374 e. The van der Waals surface area contributed by atoms with Crippen LogP contribution in [0.5, 0.6) is 0 Å². The van der Waals surface area contributed by atoms with Crippen LogP contribution in [0.25, 0.3) is 0 Å². The molecule has 1 rings (SSSR count). The smallest absolute Gasteiger partial charge is 0.282 e. The maximum Gasteiger partial charge on any atom is 0.282 e. The number of carbonyl (C=O) groups is 1. The predicted octanol–water partition coefficient (Wildman–Crippen LogP) is 0.192. The van der Waals surface area contributed by atoms with Gasteiger partial charge in [-0.1, -0.05) is 11.3 Å². The molecule has 0 saturated heterocycles. The van der Waals surface area contributed by atoms with E-state index in [0.717, 1.165) is 30.7 Å². The van der Waals surface area contributed by atoms with E-state index >= 15 is 0 Å². The molecule has 0 radical (unpaired) electrons. The second-order valence-electron chi connectivity index (χ2n) is 3.71. The van der Waals surface area contributed by atoms with Gasteiger partial charge in [0.1, 0.15) is 0 Å². The highest BCUT2D eigenvalue weighted by molar-refractivity contribution is 7.16. The number of amides is 1. The van der Waals surface area contributed by atoms with Crippen molar-refractivity contribution >= 4 is 22.4 Å². The Morgan fingerprint density at radius 3 is 2.75 bits per heavy atom. The van der Waals surface area contributed by atoms with E-state index < -0.39 is 0 Å². The van der Waals surface area contributed by atoms with Gasteiger partial charge >= 0.3 is 0 Å². The number of carbonyl (C=O) groups excluding carboxylic acids is 1. The molecule has 0 bridgehead atoms. The van der Waals surface area contributed by atoms with Crippen LogP contribution in [-0.2, 0) is 0 Å². The zero-order valence-corrected chi connectivity index (χ0v) is 10.4. The summed E-state index contributed by atoms with van der Waals surface area (Å²) >= 11 is 1.10. The Balaban J connectivity index is 2.16. The molecule has 0 aliphatic carbocycles. The van der Waals surface area contributed by atoms with Crippen molar-refractivity contribution in [2.24, 2.45) is 0 Å². The molecule has 1 aromatic rings. The molecule has 6 nitrogen and oxygen atoms in total. The Morgan fingerprint density at radius 1 is 1.44 bits per heavy atom. The van der Waals surface area contributed by atoms with Crippen molar-refractivity contribution in [2.45, 2.75) is 12.8 Å². The Bertz CT molecular complexity index is 338. The van der Waals surface area contributed by atoms with E-state index in [4.69, 9.17) is 5.73 Å². The van der Waals surface area contributed by atoms with Gasteiger partial charge in [-0.15, -0.1) is 10.2 Å². The molecule has 90 valence electrons. The van der Waals surface area contributed by atoms with Crippen molar-refractivity contribution in [3.63, 3.8) is 0 Å². The van der Waals surface area contributed by atoms with E-state index in [1.165, 1.54) is 0 Å². The first-order chi connectivity index (χ1) is 7.59. The van der Waals surface area contributed by atoms with E-state index in [1.807, 2.05) is 14.1 Å². The van der Waals surface area contributed by atoms with Gasteiger partial charge in [-0.05, 0) is 33.5 Å². The maximum atomic E-state index is 11.5. The van der Waals surface area contributed by atoms with Crippen LogP contribution in [-0.4, -0.2) is 48.2 Å². The molecule has 0 aliphatic rings. The third-order valence-corrected chi connectivity index (χ3v) is 2.70. The highest BCUT2D eigenvalue weighted by Gasteiger charge is 2.10. The van der Waals surface area contributed by atoms with E-state index in [1.54, 1.807) is 0 Å². The summed E-state index contributed by atoms with van der Waals surface area (Å²) in [6.45, 7) is 1.69. The molecular formula is C9H17N5OS. The van der Waals surface area contributed by atoms with Crippen LogP contribution in [0.2, 0.25) is 0 Å². The third-order valence-electron chi connectivity index (χ3n) is 1.95. The van der Waals surface area contributed by atoms with Gasteiger partial charge in [-0.3, -0.25) is 4.79 Å². The lowest BCUT2D eigenvalue weighted by Gasteiger charge is -2.08. The van der Waals surface area contributed by atoms with Gasteiger partial charge in [0, 0.05) is 6.54 Å². The molecule has 1 heterocycles. The lowest BCUT2D eigenvalue weighted by Crippen LogP contribution is -2.25. The molecule has 0 saturated carbocycles. The number of anilines is 1. The third kappa shape index (κ3) is 4.54. The Morgan fingerprint density at radius 2 is 2.19 bits per heavy atom. The number of nitrogens with zero attached hydrogens (tertiary/aromatic N) is 3. The number of unbranched alkanes of at least 4 members (excludes halogenated alkanes) is 1. The fraction of sp³-hybridized carbons (Fsp3) is 0.667. The molecule has 16 heavy (non-hydrogen) atoms. The fourth-order valence-electron chi connectivity index (χ4n) is 1.16. The summed E-state index contributed by atoms with van der Waals surface area (Å²) in [4.78, 5) is 13.6. The molecule has 0 unspecified atom stereocenters. The first-order valence-corrected chi connectivity index (χ1v) is 5.93. The monoisotopic (exact) mass is 243 g/mol. The highest BCUT2D eigenvalue weighted by atomic mass is 32.1. The van der Waals surface area contributed by atoms with Gasteiger partial charge < -0.3 is 16.0 Å². The van der Waals surface area contributed by atoms with Crippen LogP contribution in [0.3, 0.4) is 0 Å². The molecule has 0 fully saturated rings. The average Bonchev–Trinajstić information content (AvgIpc) is 2.63. The minimum atomic E-state index is -0.195. The summed E-state index contributed by atoms with van der Waals surface area (Å²) in [6, 6.07) is 0. The molecule has 1 amide bonds. The highest BCUT2D eigenvalue weighted by Crippen LogP contribution is 2.10. The minimum absolute atomic E-state index is 0.195. The zero-order chi connectivity index (χ0) is 12.0. The van der Waals surface area contributed by atoms with Crippen molar-refractivity contribution < 1.29 is 4.79 Å². The first kappa shape index (κ1) is 12.9. The number of hydrogen-bond acceptors (Lipinski definition) is 6. The van der Waals surface area contributed by atoms with Gasteiger partial charge in [-0.2, -0.15) is 0 Å². The Kier molecular flexibility index (Phi) is 5.13. The van der Waals surface area contributed by atoms with E-state index in [-0.39, 0.29) is 5.91 Å². The summed E-state index contributed by atoms with van der Waals surface area (Å²) in [6.07, 6.45) is 2.02. The largest absolute Gasteiger partial charge is 0.374 e. The summed E-state index contributed by atoms with van der Waals surface area (Å²) in [5.41, 5.74) is 5.39. The summed E-state index contributed by atoms with van der Waals surface area (Å²) < 4.78 is 0. The van der Waals surface area contributed by atoms with Crippen molar-refractivity contribution in [2.75, 3.05) is 32.9 Å². The molecule has 0 aliphatic heterocycles. The molecular weight excluding hydrogens is 226 g/mol.